The molecule has 0 spiro atoms. The Morgan fingerprint density at radius 1 is 0.914 bits per heavy atom. The molecule has 0 N–H and O–H groups in total. The second kappa shape index (κ2) is 10.7. The van der Waals surface area contributed by atoms with Crippen LogP contribution in [0, 0.1) is 20.8 Å². The van der Waals surface area contributed by atoms with Crippen LogP contribution in [0.25, 0.3) is 11.0 Å². The number of carbonyl (C=O) groups is 1. The van der Waals surface area contributed by atoms with E-state index in [0.29, 0.717) is 40.5 Å². The topological polar surface area (TPSA) is 75.0 Å². The Balaban J connectivity index is 1.37. The Kier molecular flexibility index (Phi) is 7.42. The minimum atomic E-state index is -0.396. The van der Waals surface area contributed by atoms with Crippen molar-refractivity contribution in [3.8, 4) is 23.0 Å². The summed E-state index contributed by atoms with van der Waals surface area (Å²) in [6.45, 7) is 6.14. The molecule has 0 amide bonds. The second-order valence-electron chi connectivity index (χ2n) is 8.30. The zero-order valence-corrected chi connectivity index (χ0v) is 20.5. The number of esters is 1. The number of fused-ring (bicyclic) bond motifs is 1. The highest BCUT2D eigenvalue weighted by molar-refractivity contribution is 6.32. The van der Waals surface area contributed by atoms with Crippen molar-refractivity contribution in [3.63, 3.8) is 0 Å². The van der Waals surface area contributed by atoms with E-state index in [9.17, 15) is 9.59 Å². The van der Waals surface area contributed by atoms with Crippen LogP contribution in [0.3, 0.4) is 0 Å². The van der Waals surface area contributed by atoms with Crippen molar-refractivity contribution in [2.24, 2.45) is 0 Å². The molecule has 1 heterocycles. The van der Waals surface area contributed by atoms with Crippen LogP contribution in [0.5, 0.6) is 23.0 Å². The van der Waals surface area contributed by atoms with Gasteiger partial charge < -0.3 is 18.6 Å². The van der Waals surface area contributed by atoms with Crippen LogP contribution in [0.2, 0.25) is 5.02 Å². The van der Waals surface area contributed by atoms with Gasteiger partial charge in [0.15, 0.2) is 0 Å². The van der Waals surface area contributed by atoms with Crippen LogP contribution in [0.4, 0.5) is 0 Å². The standard InChI is InChI=1S/C28H25ClO6/c1-17-6-8-20(9-7-17)32-12-4-5-26(30)35-21-10-11-23-24(15-21)33-16-25(28(23)31)34-22-13-18(2)27(29)19(3)14-22/h6-11,13-16H,4-5,12H2,1-3H3. The molecule has 0 atom stereocenters. The highest BCUT2D eigenvalue weighted by Crippen LogP contribution is 2.29. The summed E-state index contributed by atoms with van der Waals surface area (Å²) in [5.41, 5.74) is 2.81. The summed E-state index contributed by atoms with van der Waals surface area (Å²) in [5.74, 6) is 1.21. The van der Waals surface area contributed by atoms with E-state index in [4.69, 9.17) is 30.2 Å². The van der Waals surface area contributed by atoms with Gasteiger partial charge in [-0.1, -0.05) is 29.3 Å². The van der Waals surface area contributed by atoms with E-state index in [0.717, 1.165) is 22.4 Å². The number of hydrogen-bond donors (Lipinski definition) is 0. The van der Waals surface area contributed by atoms with Crippen molar-refractivity contribution < 1.29 is 23.4 Å². The molecule has 1 aromatic heterocycles. The Morgan fingerprint density at radius 3 is 2.31 bits per heavy atom. The second-order valence-corrected chi connectivity index (χ2v) is 8.68. The van der Waals surface area contributed by atoms with Gasteiger partial charge in [0.1, 0.15) is 29.1 Å². The maximum atomic E-state index is 12.9. The van der Waals surface area contributed by atoms with Crippen LogP contribution in [-0.2, 0) is 4.79 Å². The molecule has 0 bridgehead atoms. The van der Waals surface area contributed by atoms with Crippen LogP contribution in [0.1, 0.15) is 29.5 Å². The van der Waals surface area contributed by atoms with Crippen molar-refractivity contribution in [1.82, 2.24) is 0 Å². The number of aryl methyl sites for hydroxylation is 3. The third kappa shape index (κ3) is 6.03. The summed E-state index contributed by atoms with van der Waals surface area (Å²) in [6.07, 6.45) is 1.96. The van der Waals surface area contributed by atoms with Crippen molar-refractivity contribution in [1.29, 1.82) is 0 Å². The average molecular weight is 493 g/mol. The summed E-state index contributed by atoms with van der Waals surface area (Å²) in [4.78, 5) is 25.1. The molecule has 0 unspecified atom stereocenters. The highest BCUT2D eigenvalue weighted by atomic mass is 35.5. The normalized spacial score (nSPS) is 10.9. The summed E-state index contributed by atoms with van der Waals surface area (Å²) in [6, 6.07) is 15.9. The monoisotopic (exact) mass is 492 g/mol. The molecule has 180 valence electrons. The van der Waals surface area contributed by atoms with E-state index < -0.39 is 5.97 Å². The summed E-state index contributed by atoms with van der Waals surface area (Å²) in [5, 5.41) is 0.972. The zero-order valence-electron chi connectivity index (χ0n) is 19.7. The van der Waals surface area contributed by atoms with Crippen molar-refractivity contribution in [2.75, 3.05) is 6.61 Å². The third-order valence-electron chi connectivity index (χ3n) is 5.40. The van der Waals surface area contributed by atoms with E-state index in [1.165, 1.54) is 12.3 Å². The first kappa shape index (κ1) is 24.4. The fourth-order valence-corrected chi connectivity index (χ4v) is 3.65. The molecule has 0 aliphatic carbocycles. The molecule has 7 heteroatoms. The number of halogens is 1. The fraction of sp³-hybridized carbons (Fsp3) is 0.214. The van der Waals surface area contributed by atoms with Gasteiger partial charge >= 0.3 is 5.97 Å². The van der Waals surface area contributed by atoms with Gasteiger partial charge in [-0.05, 0) is 74.7 Å². The maximum absolute atomic E-state index is 12.9. The molecule has 0 aliphatic rings. The molecule has 0 saturated heterocycles. The lowest BCUT2D eigenvalue weighted by molar-refractivity contribution is -0.134. The zero-order chi connectivity index (χ0) is 24.9. The first-order valence-electron chi connectivity index (χ1n) is 11.2. The van der Waals surface area contributed by atoms with Crippen molar-refractivity contribution >= 4 is 28.5 Å². The van der Waals surface area contributed by atoms with Gasteiger partial charge in [0.05, 0.1) is 12.0 Å². The molecule has 0 radical (unpaired) electrons. The molecule has 35 heavy (non-hydrogen) atoms. The van der Waals surface area contributed by atoms with E-state index >= 15 is 0 Å². The SMILES string of the molecule is Cc1ccc(OCCCC(=O)Oc2ccc3c(=O)c(Oc4cc(C)c(Cl)c(C)c4)coc3c2)cc1. The lowest BCUT2D eigenvalue weighted by Gasteiger charge is -2.10. The first-order valence-corrected chi connectivity index (χ1v) is 11.6. The molecule has 0 fully saturated rings. The van der Waals surface area contributed by atoms with E-state index in [1.54, 1.807) is 24.3 Å². The van der Waals surface area contributed by atoms with Crippen LogP contribution in [-0.4, -0.2) is 12.6 Å². The van der Waals surface area contributed by atoms with E-state index in [-0.39, 0.29) is 17.6 Å². The third-order valence-corrected chi connectivity index (χ3v) is 6.00. The van der Waals surface area contributed by atoms with Gasteiger partial charge in [0, 0.05) is 17.5 Å². The van der Waals surface area contributed by atoms with Gasteiger partial charge in [-0.15, -0.1) is 0 Å². The Morgan fingerprint density at radius 2 is 1.60 bits per heavy atom. The van der Waals surface area contributed by atoms with Crippen molar-refractivity contribution in [3.05, 3.63) is 92.8 Å². The molecule has 4 aromatic rings. The average Bonchev–Trinajstić information content (AvgIpc) is 2.83. The summed E-state index contributed by atoms with van der Waals surface area (Å²) >= 11 is 6.20. The van der Waals surface area contributed by atoms with Gasteiger partial charge in [-0.3, -0.25) is 9.59 Å². The number of rotatable bonds is 8. The molecule has 0 saturated carbocycles. The lowest BCUT2D eigenvalue weighted by Crippen LogP contribution is -2.10. The number of ether oxygens (including phenoxy) is 3. The molecule has 4 rings (SSSR count). The molecule has 6 nitrogen and oxygen atoms in total. The van der Waals surface area contributed by atoms with Gasteiger partial charge in [-0.25, -0.2) is 0 Å². The van der Waals surface area contributed by atoms with Crippen LogP contribution < -0.4 is 19.6 Å². The largest absolute Gasteiger partial charge is 0.494 e. The predicted molar refractivity (Wildman–Crippen MR) is 135 cm³/mol. The predicted octanol–water partition coefficient (Wildman–Crippen LogP) is 6.93. The Labute approximate surface area is 208 Å². The lowest BCUT2D eigenvalue weighted by atomic mass is 10.1. The molecule has 0 aliphatic heterocycles. The minimum Gasteiger partial charge on any atom is -0.494 e. The van der Waals surface area contributed by atoms with Gasteiger partial charge in [0.25, 0.3) is 0 Å². The highest BCUT2D eigenvalue weighted by Gasteiger charge is 2.13. The van der Waals surface area contributed by atoms with Crippen LogP contribution in [0.15, 0.2) is 70.1 Å². The summed E-state index contributed by atoms with van der Waals surface area (Å²) in [7, 11) is 0. The smallest absolute Gasteiger partial charge is 0.311 e. The van der Waals surface area contributed by atoms with Gasteiger partial charge in [0.2, 0.25) is 11.2 Å². The number of benzene rings is 3. The Bertz CT molecular complexity index is 1400. The maximum Gasteiger partial charge on any atom is 0.311 e. The van der Waals surface area contributed by atoms with E-state index in [1.807, 2.05) is 45.0 Å². The summed E-state index contributed by atoms with van der Waals surface area (Å²) < 4.78 is 22.4. The number of hydrogen-bond acceptors (Lipinski definition) is 6. The number of carbonyl (C=O) groups excluding carboxylic acids is 1. The quantitative estimate of drug-likeness (QED) is 0.151. The van der Waals surface area contributed by atoms with Crippen molar-refractivity contribution in [2.45, 2.75) is 33.6 Å². The van der Waals surface area contributed by atoms with Crippen LogP contribution >= 0.6 is 11.6 Å². The Hall–Kier alpha value is -3.77. The van der Waals surface area contributed by atoms with Gasteiger partial charge in [-0.2, -0.15) is 0 Å². The first-order chi connectivity index (χ1) is 16.8. The molecular formula is C28H25ClO6. The minimum absolute atomic E-state index is 0.0527. The molecular weight excluding hydrogens is 468 g/mol. The van der Waals surface area contributed by atoms with E-state index in [2.05, 4.69) is 0 Å². The molecule has 3 aromatic carbocycles. The fourth-order valence-electron chi connectivity index (χ4n) is 3.54.